The number of hydrogen-bond acceptors (Lipinski definition) is 5. The molecule has 8 nitrogen and oxygen atoms in total. The quantitative estimate of drug-likeness (QED) is 0.405. The van der Waals surface area contributed by atoms with Gasteiger partial charge in [0.25, 0.3) is 0 Å². The zero-order chi connectivity index (χ0) is 23.0. The maximum atomic E-state index is 12.4. The maximum Gasteiger partial charge on any atom is 0.230 e. The fraction of sp³-hybridized carbons (Fsp3) is 0.200. The zero-order valence-corrected chi connectivity index (χ0v) is 18.7. The fourth-order valence-corrected chi connectivity index (χ4v) is 3.64. The van der Waals surface area contributed by atoms with Crippen LogP contribution in [0.25, 0.3) is 27.8 Å². The van der Waals surface area contributed by atoms with E-state index < -0.39 is 0 Å². The van der Waals surface area contributed by atoms with Crippen molar-refractivity contribution in [3.63, 3.8) is 0 Å². The van der Waals surface area contributed by atoms with Gasteiger partial charge in [-0.25, -0.2) is 4.98 Å². The minimum Gasteiger partial charge on any atom is -0.359 e. The number of carbonyl (C=O) groups is 1. The molecule has 0 aliphatic carbocycles. The van der Waals surface area contributed by atoms with E-state index in [-0.39, 0.29) is 17.7 Å². The smallest absolute Gasteiger partial charge is 0.230 e. The lowest BCUT2D eigenvalue weighted by molar-refractivity contribution is -0.115. The second kappa shape index (κ2) is 8.05. The van der Waals surface area contributed by atoms with Crippen LogP contribution in [-0.2, 0) is 16.6 Å². The lowest BCUT2D eigenvalue weighted by Crippen LogP contribution is -2.14. The summed E-state index contributed by atoms with van der Waals surface area (Å²) in [7, 11) is 0. The molecule has 0 radical (unpaired) electrons. The van der Waals surface area contributed by atoms with Gasteiger partial charge in [-0.2, -0.15) is 5.10 Å². The van der Waals surface area contributed by atoms with Gasteiger partial charge < -0.3 is 9.84 Å². The topological polar surface area (TPSA) is 102 Å². The number of anilines is 1. The molecule has 0 saturated heterocycles. The molecular weight excluding hydrogens is 416 g/mol. The molecule has 0 aliphatic heterocycles. The van der Waals surface area contributed by atoms with Gasteiger partial charge in [0.2, 0.25) is 5.91 Å². The first-order valence-electron chi connectivity index (χ1n) is 10.7. The van der Waals surface area contributed by atoms with Crippen molar-refractivity contribution >= 4 is 22.8 Å². The molecule has 0 aliphatic rings. The number of imidazole rings is 1. The second-order valence-electron chi connectivity index (χ2n) is 9.02. The minimum absolute atomic E-state index is 0.142. The van der Waals surface area contributed by atoms with Crippen molar-refractivity contribution in [2.75, 3.05) is 5.32 Å². The third-order valence-electron chi connectivity index (χ3n) is 5.47. The van der Waals surface area contributed by atoms with Crippen molar-refractivity contribution in [2.45, 2.75) is 32.6 Å². The van der Waals surface area contributed by atoms with Crippen LogP contribution in [0.2, 0.25) is 0 Å². The van der Waals surface area contributed by atoms with E-state index >= 15 is 0 Å². The Morgan fingerprint density at radius 2 is 1.91 bits per heavy atom. The lowest BCUT2D eigenvalue weighted by atomic mass is 9.93. The molecular formula is C25H24N6O2. The third kappa shape index (κ3) is 4.27. The number of hydrogen-bond donors (Lipinski definition) is 2. The van der Waals surface area contributed by atoms with Gasteiger partial charge in [0, 0.05) is 28.9 Å². The molecule has 1 amide bonds. The molecule has 0 bridgehead atoms. The Morgan fingerprint density at radius 3 is 2.61 bits per heavy atom. The molecule has 5 rings (SSSR count). The highest BCUT2D eigenvalue weighted by Gasteiger charge is 2.20. The monoisotopic (exact) mass is 440 g/mol. The summed E-state index contributed by atoms with van der Waals surface area (Å²) in [6, 6.07) is 15.8. The number of benzene rings is 2. The SMILES string of the molecule is CC(C)(C)c1cc(NC(=O)Cc2ccc(-n3cnc4cc(-c5cn[nH]c5)ccc43)cc2)no1. The number of nitrogens with zero attached hydrogens (tertiary/aromatic N) is 4. The lowest BCUT2D eigenvalue weighted by Gasteiger charge is -2.12. The number of rotatable bonds is 5. The molecule has 0 fully saturated rings. The van der Waals surface area contributed by atoms with Crippen LogP contribution in [-0.4, -0.2) is 30.8 Å². The highest BCUT2D eigenvalue weighted by molar-refractivity contribution is 5.91. The molecule has 0 spiro atoms. The van der Waals surface area contributed by atoms with E-state index in [1.54, 1.807) is 12.3 Å². The van der Waals surface area contributed by atoms with E-state index in [0.29, 0.717) is 5.82 Å². The number of carbonyl (C=O) groups excluding carboxylic acids is 1. The Bertz CT molecular complexity index is 1410. The Balaban J connectivity index is 1.29. The molecule has 2 N–H and O–H groups in total. The zero-order valence-electron chi connectivity index (χ0n) is 18.7. The summed E-state index contributed by atoms with van der Waals surface area (Å²) in [5.41, 5.74) is 5.71. The summed E-state index contributed by atoms with van der Waals surface area (Å²) in [5, 5.41) is 13.6. The Labute approximate surface area is 190 Å². The molecule has 5 aromatic rings. The number of H-pyrrole nitrogens is 1. The first-order chi connectivity index (χ1) is 15.9. The minimum atomic E-state index is -0.163. The summed E-state index contributed by atoms with van der Waals surface area (Å²) < 4.78 is 7.35. The molecule has 2 aromatic carbocycles. The largest absolute Gasteiger partial charge is 0.359 e. The van der Waals surface area contributed by atoms with Crippen LogP contribution in [0.3, 0.4) is 0 Å². The van der Waals surface area contributed by atoms with E-state index in [2.05, 4.69) is 37.8 Å². The first kappa shape index (κ1) is 20.7. The molecule has 3 aromatic heterocycles. The van der Waals surface area contributed by atoms with Gasteiger partial charge in [-0.15, -0.1) is 0 Å². The molecule has 0 unspecified atom stereocenters. The maximum absolute atomic E-state index is 12.4. The number of aromatic amines is 1. The molecule has 3 heterocycles. The average Bonchev–Trinajstić information content (AvgIpc) is 3.54. The standard InChI is InChI=1S/C25H24N6O2/c1-25(2,3)22-12-23(30-33-22)29-24(32)10-16-4-7-19(8-5-16)31-15-26-20-11-17(6-9-21(20)31)18-13-27-28-14-18/h4-9,11-15H,10H2,1-3H3,(H,27,28)(H,29,30,32). The Hall–Kier alpha value is -4.20. The summed E-state index contributed by atoms with van der Waals surface area (Å²) in [5.74, 6) is 1.02. The average molecular weight is 441 g/mol. The van der Waals surface area contributed by atoms with Crippen LogP contribution in [0, 0.1) is 0 Å². The molecule has 0 atom stereocenters. The highest BCUT2D eigenvalue weighted by Crippen LogP contribution is 2.26. The number of amides is 1. The van der Waals surface area contributed by atoms with E-state index in [1.807, 2.05) is 68.2 Å². The summed E-state index contributed by atoms with van der Waals surface area (Å²) in [6.07, 6.45) is 5.71. The second-order valence-corrected chi connectivity index (χ2v) is 9.02. The van der Waals surface area contributed by atoms with Crippen molar-refractivity contribution in [3.05, 3.63) is 78.6 Å². The first-order valence-corrected chi connectivity index (χ1v) is 10.7. The molecule has 33 heavy (non-hydrogen) atoms. The summed E-state index contributed by atoms with van der Waals surface area (Å²) in [6.45, 7) is 6.09. The number of nitrogens with one attached hydrogen (secondary N) is 2. The summed E-state index contributed by atoms with van der Waals surface area (Å²) in [4.78, 5) is 17.0. The normalized spacial score (nSPS) is 11.7. The van der Waals surface area contributed by atoms with E-state index in [4.69, 9.17) is 4.52 Å². The number of fused-ring (bicyclic) bond motifs is 1. The van der Waals surface area contributed by atoms with Gasteiger partial charge in [-0.3, -0.25) is 14.5 Å². The van der Waals surface area contributed by atoms with Crippen LogP contribution >= 0.6 is 0 Å². The van der Waals surface area contributed by atoms with Gasteiger partial charge in [0.15, 0.2) is 5.82 Å². The Morgan fingerprint density at radius 1 is 1.09 bits per heavy atom. The molecule has 8 heteroatoms. The van der Waals surface area contributed by atoms with Crippen LogP contribution in [0.4, 0.5) is 5.82 Å². The van der Waals surface area contributed by atoms with E-state index in [0.717, 1.165) is 39.2 Å². The predicted molar refractivity (Wildman–Crippen MR) is 126 cm³/mol. The van der Waals surface area contributed by atoms with E-state index in [1.165, 1.54) is 0 Å². The van der Waals surface area contributed by atoms with Gasteiger partial charge in [-0.1, -0.05) is 44.1 Å². The Kier molecular flexibility index (Phi) is 5.05. The predicted octanol–water partition coefficient (Wildman–Crippen LogP) is 4.88. The molecule has 166 valence electrons. The number of aromatic nitrogens is 5. The summed E-state index contributed by atoms with van der Waals surface area (Å²) >= 11 is 0. The van der Waals surface area contributed by atoms with Crippen LogP contribution in [0.1, 0.15) is 32.1 Å². The van der Waals surface area contributed by atoms with Crippen molar-refractivity contribution in [3.8, 4) is 16.8 Å². The van der Waals surface area contributed by atoms with E-state index in [9.17, 15) is 4.79 Å². The third-order valence-corrected chi connectivity index (χ3v) is 5.47. The van der Waals surface area contributed by atoms with Gasteiger partial charge in [0.1, 0.15) is 12.1 Å². The van der Waals surface area contributed by atoms with Crippen molar-refractivity contribution < 1.29 is 9.32 Å². The fourth-order valence-electron chi connectivity index (χ4n) is 3.64. The van der Waals surface area contributed by atoms with Gasteiger partial charge in [0.05, 0.1) is 23.7 Å². The van der Waals surface area contributed by atoms with Gasteiger partial charge in [-0.05, 0) is 35.4 Å². The van der Waals surface area contributed by atoms with Crippen molar-refractivity contribution in [1.29, 1.82) is 0 Å². The van der Waals surface area contributed by atoms with Crippen LogP contribution in [0.5, 0.6) is 0 Å². The van der Waals surface area contributed by atoms with Crippen molar-refractivity contribution in [2.24, 2.45) is 0 Å². The molecule has 0 saturated carbocycles. The van der Waals surface area contributed by atoms with Crippen LogP contribution < -0.4 is 5.32 Å². The van der Waals surface area contributed by atoms with Crippen molar-refractivity contribution in [1.82, 2.24) is 24.9 Å². The highest BCUT2D eigenvalue weighted by atomic mass is 16.5. The van der Waals surface area contributed by atoms with Gasteiger partial charge >= 0.3 is 0 Å². The van der Waals surface area contributed by atoms with Crippen LogP contribution in [0.15, 0.2) is 71.8 Å².